The molecule has 0 N–H and O–H groups in total. The number of benzene rings is 1. The quantitative estimate of drug-likeness (QED) is 0.390. The lowest BCUT2D eigenvalue weighted by Crippen LogP contribution is -1.93. The van der Waals surface area contributed by atoms with Crippen molar-refractivity contribution >= 4 is 5.78 Å². The topological polar surface area (TPSA) is 35.5 Å². The van der Waals surface area contributed by atoms with Gasteiger partial charge in [0.1, 0.15) is 0 Å². The fraction of sp³-hybridized carbons (Fsp3) is 0.222. The summed E-state index contributed by atoms with van der Waals surface area (Å²) in [4.78, 5) is 20.0. The molecule has 0 radical (unpaired) electrons. The van der Waals surface area contributed by atoms with E-state index in [1.165, 1.54) is 14.0 Å². The van der Waals surface area contributed by atoms with Crippen LogP contribution in [0.4, 0.5) is 0 Å². The van der Waals surface area contributed by atoms with Crippen molar-refractivity contribution in [2.75, 3.05) is 7.11 Å². The third-order valence-corrected chi connectivity index (χ3v) is 1.44. The molecule has 0 atom stereocenters. The van der Waals surface area contributed by atoms with Gasteiger partial charge in [0.15, 0.2) is 11.5 Å². The summed E-state index contributed by atoms with van der Waals surface area (Å²) < 4.78 is 0. The van der Waals surface area contributed by atoms with Gasteiger partial charge in [-0.15, -0.1) is 0 Å². The first kappa shape index (κ1) is 8.74. The smallest absolute Gasteiger partial charge is 0.165 e. The van der Waals surface area contributed by atoms with Crippen molar-refractivity contribution < 1.29 is 14.6 Å². The van der Waals surface area contributed by atoms with Gasteiger partial charge in [-0.05, 0) is 31.2 Å². The fourth-order valence-electron chi connectivity index (χ4n) is 0.841. The average Bonchev–Trinajstić information content (AvgIpc) is 2.06. The zero-order valence-electron chi connectivity index (χ0n) is 7.03. The second-order valence-corrected chi connectivity index (χ2v) is 2.33. The van der Waals surface area contributed by atoms with Crippen LogP contribution >= 0.6 is 0 Å². The molecule has 0 heterocycles. The van der Waals surface area contributed by atoms with E-state index in [4.69, 9.17) is 4.89 Å². The monoisotopic (exact) mass is 166 g/mol. The van der Waals surface area contributed by atoms with Gasteiger partial charge in [0.05, 0.1) is 7.11 Å². The van der Waals surface area contributed by atoms with Crippen LogP contribution in [0.25, 0.3) is 0 Å². The van der Waals surface area contributed by atoms with Crippen LogP contribution in [-0.2, 0) is 4.89 Å². The van der Waals surface area contributed by atoms with E-state index in [0.717, 1.165) is 0 Å². The Balaban J connectivity index is 2.78. The summed E-state index contributed by atoms with van der Waals surface area (Å²) in [5.41, 5.74) is 0.665. The maximum atomic E-state index is 10.8. The molecule has 1 aromatic carbocycles. The molecule has 0 spiro atoms. The highest BCUT2D eigenvalue weighted by Crippen LogP contribution is 2.12. The van der Waals surface area contributed by atoms with Crippen LogP contribution in [0.15, 0.2) is 24.3 Å². The second kappa shape index (κ2) is 3.88. The zero-order chi connectivity index (χ0) is 8.97. The van der Waals surface area contributed by atoms with Gasteiger partial charge in [-0.2, -0.15) is 4.89 Å². The first-order valence-corrected chi connectivity index (χ1v) is 3.55. The minimum Gasteiger partial charge on any atom is -0.338 e. The molecule has 3 nitrogen and oxygen atoms in total. The van der Waals surface area contributed by atoms with Gasteiger partial charge < -0.3 is 4.89 Å². The lowest BCUT2D eigenvalue weighted by molar-refractivity contribution is -0.178. The number of ketones is 1. The SMILES string of the molecule is COOc1ccc(C(C)=O)cc1. The van der Waals surface area contributed by atoms with Crippen LogP contribution in [0.2, 0.25) is 0 Å². The normalized spacial score (nSPS) is 9.50. The van der Waals surface area contributed by atoms with Crippen molar-refractivity contribution in [2.45, 2.75) is 6.92 Å². The molecule has 0 fully saturated rings. The molecule has 0 amide bonds. The predicted molar refractivity (Wildman–Crippen MR) is 44.1 cm³/mol. The van der Waals surface area contributed by atoms with Crippen molar-refractivity contribution in [1.82, 2.24) is 0 Å². The Hall–Kier alpha value is -1.35. The average molecular weight is 166 g/mol. The van der Waals surface area contributed by atoms with Crippen molar-refractivity contribution in [3.63, 3.8) is 0 Å². The molecule has 12 heavy (non-hydrogen) atoms. The van der Waals surface area contributed by atoms with Gasteiger partial charge in [0, 0.05) is 5.56 Å². The highest BCUT2D eigenvalue weighted by Gasteiger charge is 1.98. The molecule has 0 bridgehead atoms. The van der Waals surface area contributed by atoms with Gasteiger partial charge in [-0.25, -0.2) is 0 Å². The van der Waals surface area contributed by atoms with E-state index in [9.17, 15) is 4.79 Å². The summed E-state index contributed by atoms with van der Waals surface area (Å²) in [5, 5.41) is 0. The number of hydrogen-bond donors (Lipinski definition) is 0. The molecule has 0 saturated heterocycles. The van der Waals surface area contributed by atoms with Crippen molar-refractivity contribution in [3.05, 3.63) is 29.8 Å². The molecule has 0 saturated carbocycles. The van der Waals surface area contributed by atoms with Crippen LogP contribution in [0.3, 0.4) is 0 Å². The number of rotatable bonds is 3. The van der Waals surface area contributed by atoms with E-state index in [1.807, 2.05) is 0 Å². The predicted octanol–water partition coefficient (Wildman–Crippen LogP) is 1.83. The highest BCUT2D eigenvalue weighted by atomic mass is 17.2. The Labute approximate surface area is 70.8 Å². The molecule has 0 aliphatic heterocycles. The minimum atomic E-state index is 0.0407. The molecular formula is C9H10O3. The largest absolute Gasteiger partial charge is 0.338 e. The van der Waals surface area contributed by atoms with Crippen molar-refractivity contribution in [1.29, 1.82) is 0 Å². The number of Topliss-reactive ketones (excluding diaryl/α,β-unsaturated/α-hetero) is 1. The Morgan fingerprint density at radius 2 is 1.83 bits per heavy atom. The van der Waals surface area contributed by atoms with Crippen LogP contribution in [0.5, 0.6) is 5.75 Å². The van der Waals surface area contributed by atoms with E-state index in [2.05, 4.69) is 4.89 Å². The molecule has 0 aliphatic rings. The first-order valence-electron chi connectivity index (χ1n) is 3.55. The summed E-state index contributed by atoms with van der Waals surface area (Å²) in [6, 6.07) is 6.74. The van der Waals surface area contributed by atoms with Gasteiger partial charge >= 0.3 is 0 Å². The van der Waals surface area contributed by atoms with E-state index in [1.54, 1.807) is 24.3 Å². The maximum Gasteiger partial charge on any atom is 0.165 e. The summed E-state index contributed by atoms with van der Waals surface area (Å²) in [6.07, 6.45) is 0. The number of hydrogen-bond acceptors (Lipinski definition) is 3. The maximum absolute atomic E-state index is 10.8. The zero-order valence-corrected chi connectivity index (χ0v) is 7.03. The third kappa shape index (κ3) is 2.07. The Morgan fingerprint density at radius 3 is 2.25 bits per heavy atom. The molecule has 64 valence electrons. The minimum absolute atomic E-state index is 0.0407. The van der Waals surface area contributed by atoms with Crippen LogP contribution in [-0.4, -0.2) is 12.9 Å². The van der Waals surface area contributed by atoms with Gasteiger partial charge in [-0.1, -0.05) is 0 Å². The van der Waals surface area contributed by atoms with Crippen molar-refractivity contribution in [3.8, 4) is 5.75 Å². The molecule has 3 heteroatoms. The van der Waals surface area contributed by atoms with Crippen LogP contribution < -0.4 is 4.89 Å². The fourth-order valence-corrected chi connectivity index (χ4v) is 0.841. The van der Waals surface area contributed by atoms with Crippen LogP contribution in [0, 0.1) is 0 Å². The molecule has 0 aromatic heterocycles. The van der Waals surface area contributed by atoms with Crippen molar-refractivity contribution in [2.24, 2.45) is 0 Å². The van der Waals surface area contributed by atoms with E-state index in [0.29, 0.717) is 11.3 Å². The first-order chi connectivity index (χ1) is 5.74. The summed E-state index contributed by atoms with van der Waals surface area (Å²) in [7, 11) is 1.43. The van der Waals surface area contributed by atoms with Gasteiger partial charge in [0.2, 0.25) is 0 Å². The van der Waals surface area contributed by atoms with E-state index >= 15 is 0 Å². The van der Waals surface area contributed by atoms with E-state index < -0.39 is 0 Å². The third-order valence-electron chi connectivity index (χ3n) is 1.44. The summed E-state index contributed by atoms with van der Waals surface area (Å²) >= 11 is 0. The van der Waals surface area contributed by atoms with E-state index in [-0.39, 0.29) is 5.78 Å². The second-order valence-electron chi connectivity index (χ2n) is 2.33. The number of carbonyl (C=O) groups is 1. The molecule has 1 aromatic rings. The molecular weight excluding hydrogens is 156 g/mol. The lowest BCUT2D eigenvalue weighted by atomic mass is 10.1. The Bertz CT molecular complexity index is 264. The lowest BCUT2D eigenvalue weighted by Gasteiger charge is -2.00. The Morgan fingerprint density at radius 1 is 1.25 bits per heavy atom. The number of carbonyl (C=O) groups excluding carboxylic acids is 1. The molecule has 0 unspecified atom stereocenters. The van der Waals surface area contributed by atoms with Crippen LogP contribution in [0.1, 0.15) is 17.3 Å². The summed E-state index contributed by atoms with van der Waals surface area (Å²) in [6.45, 7) is 1.52. The standard InChI is InChI=1S/C9H10O3/c1-7(10)8-3-5-9(6-4-8)12-11-2/h3-6H,1-2H3. The molecule has 0 aliphatic carbocycles. The van der Waals surface area contributed by atoms with Gasteiger partial charge in [0.25, 0.3) is 0 Å². The van der Waals surface area contributed by atoms with Gasteiger partial charge in [-0.3, -0.25) is 4.79 Å². The molecule has 1 rings (SSSR count). The Kier molecular flexibility index (Phi) is 2.82. The summed E-state index contributed by atoms with van der Waals surface area (Å²) in [5.74, 6) is 0.626. The highest BCUT2D eigenvalue weighted by molar-refractivity contribution is 5.94.